The number of hydrogen-bond acceptors (Lipinski definition) is 3. The monoisotopic (exact) mass is 249 g/mol. The molecule has 0 amide bonds. The Hall–Kier alpha value is -1.06. The molecule has 1 fully saturated rings. The summed E-state index contributed by atoms with van der Waals surface area (Å²) < 4.78 is 11.3. The van der Waals surface area contributed by atoms with Crippen LogP contribution in [0.15, 0.2) is 18.2 Å². The second kappa shape index (κ2) is 5.29. The van der Waals surface area contributed by atoms with Gasteiger partial charge in [-0.05, 0) is 43.5 Å². The third-order valence-corrected chi connectivity index (χ3v) is 3.47. The van der Waals surface area contributed by atoms with Crippen LogP contribution in [0.5, 0.6) is 5.75 Å². The van der Waals surface area contributed by atoms with E-state index in [2.05, 4.69) is 38.2 Å². The zero-order valence-corrected chi connectivity index (χ0v) is 11.7. The zero-order chi connectivity index (χ0) is 13.2. The number of aryl methyl sites for hydroxylation is 1. The van der Waals surface area contributed by atoms with Gasteiger partial charge in [0.05, 0.1) is 19.8 Å². The summed E-state index contributed by atoms with van der Waals surface area (Å²) in [5.74, 6) is 0.963. The van der Waals surface area contributed by atoms with Gasteiger partial charge in [0.2, 0.25) is 0 Å². The van der Waals surface area contributed by atoms with Crippen molar-refractivity contribution in [2.75, 3.05) is 20.3 Å². The molecule has 0 spiro atoms. The van der Waals surface area contributed by atoms with E-state index in [1.807, 2.05) is 6.07 Å². The van der Waals surface area contributed by atoms with Crippen LogP contribution >= 0.6 is 0 Å². The number of hydrogen-bond donors (Lipinski definition) is 1. The van der Waals surface area contributed by atoms with Crippen LogP contribution in [0.25, 0.3) is 0 Å². The Morgan fingerprint density at radius 2 is 2.22 bits per heavy atom. The van der Waals surface area contributed by atoms with Gasteiger partial charge < -0.3 is 14.8 Å². The Kier molecular flexibility index (Phi) is 3.93. The van der Waals surface area contributed by atoms with E-state index in [0.717, 1.165) is 25.3 Å². The van der Waals surface area contributed by atoms with Crippen molar-refractivity contribution >= 4 is 0 Å². The molecule has 1 aromatic carbocycles. The first kappa shape index (κ1) is 13.4. The van der Waals surface area contributed by atoms with Crippen LogP contribution < -0.4 is 10.1 Å². The molecular weight excluding hydrogens is 226 g/mol. The maximum atomic E-state index is 5.95. The molecule has 1 heterocycles. The first-order chi connectivity index (χ1) is 8.55. The third kappa shape index (κ3) is 2.85. The highest BCUT2D eigenvalue weighted by molar-refractivity contribution is 5.38. The normalized spacial score (nSPS) is 22.8. The molecule has 100 valence electrons. The molecule has 18 heavy (non-hydrogen) atoms. The number of rotatable bonds is 3. The molecule has 3 heteroatoms. The Balaban J connectivity index is 2.15. The smallest absolute Gasteiger partial charge is 0.122 e. The van der Waals surface area contributed by atoms with E-state index in [-0.39, 0.29) is 11.6 Å². The van der Waals surface area contributed by atoms with Crippen molar-refractivity contribution < 1.29 is 9.47 Å². The van der Waals surface area contributed by atoms with Gasteiger partial charge in [-0.1, -0.05) is 13.0 Å². The summed E-state index contributed by atoms with van der Waals surface area (Å²) in [7, 11) is 1.72. The summed E-state index contributed by atoms with van der Waals surface area (Å²) in [5.41, 5.74) is 2.55. The molecule has 0 radical (unpaired) electrons. The van der Waals surface area contributed by atoms with Crippen molar-refractivity contribution in [1.29, 1.82) is 0 Å². The SMILES string of the molecule is CCc1cc(C2CNC(C)(C)CO2)ccc1OC. The average molecular weight is 249 g/mol. The highest BCUT2D eigenvalue weighted by Gasteiger charge is 2.27. The zero-order valence-electron chi connectivity index (χ0n) is 11.7. The number of morpholine rings is 1. The molecule has 1 atom stereocenters. The van der Waals surface area contributed by atoms with Gasteiger partial charge in [0, 0.05) is 12.1 Å². The largest absolute Gasteiger partial charge is 0.496 e. The second-order valence-corrected chi connectivity index (χ2v) is 5.49. The van der Waals surface area contributed by atoms with Crippen molar-refractivity contribution in [3.05, 3.63) is 29.3 Å². The number of methoxy groups -OCH3 is 1. The third-order valence-electron chi connectivity index (χ3n) is 3.47. The van der Waals surface area contributed by atoms with E-state index >= 15 is 0 Å². The lowest BCUT2D eigenvalue weighted by Gasteiger charge is -2.36. The fraction of sp³-hybridized carbons (Fsp3) is 0.600. The molecule has 2 rings (SSSR count). The molecule has 0 aliphatic carbocycles. The first-order valence-corrected chi connectivity index (χ1v) is 6.59. The maximum Gasteiger partial charge on any atom is 0.122 e. The fourth-order valence-electron chi connectivity index (χ4n) is 2.28. The van der Waals surface area contributed by atoms with Crippen molar-refractivity contribution in [2.45, 2.75) is 38.8 Å². The topological polar surface area (TPSA) is 30.5 Å². The minimum atomic E-state index is 0.0799. The van der Waals surface area contributed by atoms with Crippen molar-refractivity contribution in [3.63, 3.8) is 0 Å². The van der Waals surface area contributed by atoms with Crippen LogP contribution in [-0.4, -0.2) is 25.8 Å². The van der Waals surface area contributed by atoms with Crippen LogP contribution in [0.4, 0.5) is 0 Å². The van der Waals surface area contributed by atoms with Crippen LogP contribution in [-0.2, 0) is 11.2 Å². The van der Waals surface area contributed by atoms with Gasteiger partial charge >= 0.3 is 0 Å². The van der Waals surface area contributed by atoms with Gasteiger partial charge in [0.25, 0.3) is 0 Å². The van der Waals surface area contributed by atoms with Gasteiger partial charge in [0.1, 0.15) is 5.75 Å². The van der Waals surface area contributed by atoms with Crippen LogP contribution in [0, 0.1) is 0 Å². The quantitative estimate of drug-likeness (QED) is 0.893. The fourth-order valence-corrected chi connectivity index (χ4v) is 2.28. The molecular formula is C15H23NO2. The Morgan fingerprint density at radius 1 is 1.44 bits per heavy atom. The van der Waals surface area contributed by atoms with Crippen LogP contribution in [0.3, 0.4) is 0 Å². The van der Waals surface area contributed by atoms with Crippen molar-refractivity contribution in [1.82, 2.24) is 5.32 Å². The number of ether oxygens (including phenoxy) is 2. The average Bonchev–Trinajstić information content (AvgIpc) is 2.38. The summed E-state index contributed by atoms with van der Waals surface area (Å²) in [4.78, 5) is 0. The van der Waals surface area contributed by atoms with E-state index < -0.39 is 0 Å². The lowest BCUT2D eigenvalue weighted by atomic mass is 9.99. The lowest BCUT2D eigenvalue weighted by Crippen LogP contribution is -2.50. The predicted octanol–water partition coefficient (Wildman–Crippen LogP) is 2.70. The van der Waals surface area contributed by atoms with E-state index in [0.29, 0.717) is 0 Å². The van der Waals surface area contributed by atoms with Gasteiger partial charge in [-0.25, -0.2) is 0 Å². The Morgan fingerprint density at radius 3 is 2.78 bits per heavy atom. The van der Waals surface area contributed by atoms with Crippen molar-refractivity contribution in [3.8, 4) is 5.75 Å². The highest BCUT2D eigenvalue weighted by Crippen LogP contribution is 2.28. The molecule has 1 aromatic rings. The minimum Gasteiger partial charge on any atom is -0.496 e. The van der Waals surface area contributed by atoms with Gasteiger partial charge in [0.15, 0.2) is 0 Å². The van der Waals surface area contributed by atoms with Gasteiger partial charge in [-0.3, -0.25) is 0 Å². The van der Waals surface area contributed by atoms with Crippen LogP contribution in [0.1, 0.15) is 38.0 Å². The molecule has 1 aliphatic rings. The molecule has 1 N–H and O–H groups in total. The molecule has 0 saturated carbocycles. The first-order valence-electron chi connectivity index (χ1n) is 6.59. The second-order valence-electron chi connectivity index (χ2n) is 5.49. The number of benzene rings is 1. The minimum absolute atomic E-state index is 0.0799. The summed E-state index contributed by atoms with van der Waals surface area (Å²) in [6.45, 7) is 8.07. The predicted molar refractivity (Wildman–Crippen MR) is 73.1 cm³/mol. The maximum absolute atomic E-state index is 5.95. The Bertz CT molecular complexity index is 405. The summed E-state index contributed by atoms with van der Waals surface area (Å²) in [5, 5.41) is 3.52. The van der Waals surface area contributed by atoms with Gasteiger partial charge in [-0.15, -0.1) is 0 Å². The summed E-state index contributed by atoms with van der Waals surface area (Å²) in [6, 6.07) is 6.34. The summed E-state index contributed by atoms with van der Waals surface area (Å²) in [6.07, 6.45) is 1.12. The Labute approximate surface area is 109 Å². The molecule has 0 aromatic heterocycles. The molecule has 0 bridgehead atoms. The molecule has 1 unspecified atom stereocenters. The molecule has 1 saturated heterocycles. The van der Waals surface area contributed by atoms with E-state index in [9.17, 15) is 0 Å². The van der Waals surface area contributed by atoms with Crippen molar-refractivity contribution in [2.24, 2.45) is 0 Å². The number of nitrogens with one attached hydrogen (secondary N) is 1. The van der Waals surface area contributed by atoms with Crippen LogP contribution in [0.2, 0.25) is 0 Å². The summed E-state index contributed by atoms with van der Waals surface area (Å²) >= 11 is 0. The molecule has 1 aliphatic heterocycles. The molecule has 3 nitrogen and oxygen atoms in total. The highest BCUT2D eigenvalue weighted by atomic mass is 16.5. The lowest BCUT2D eigenvalue weighted by molar-refractivity contribution is -0.0229. The van der Waals surface area contributed by atoms with E-state index in [1.54, 1.807) is 7.11 Å². The van der Waals surface area contributed by atoms with E-state index in [4.69, 9.17) is 9.47 Å². The standard InChI is InChI=1S/C15H23NO2/c1-5-11-8-12(6-7-13(11)17-4)14-9-16-15(2,3)10-18-14/h6-8,14,16H,5,9-10H2,1-4H3. The van der Waals surface area contributed by atoms with Gasteiger partial charge in [-0.2, -0.15) is 0 Å². The van der Waals surface area contributed by atoms with E-state index in [1.165, 1.54) is 11.1 Å².